The molecule has 8 nitrogen and oxygen atoms in total. The van der Waals surface area contributed by atoms with E-state index < -0.39 is 24.2 Å². The van der Waals surface area contributed by atoms with Crippen LogP contribution in [0, 0.1) is 0 Å². The van der Waals surface area contributed by atoms with Gasteiger partial charge in [0.1, 0.15) is 6.04 Å². The van der Waals surface area contributed by atoms with Crippen molar-refractivity contribution in [1.29, 1.82) is 0 Å². The van der Waals surface area contributed by atoms with Crippen LogP contribution >= 0.6 is 24.8 Å². The molecule has 0 saturated carbocycles. The molecule has 108 valence electrons. The van der Waals surface area contributed by atoms with Gasteiger partial charge in [-0.05, 0) is 18.6 Å². The second kappa shape index (κ2) is 9.39. The van der Waals surface area contributed by atoms with Crippen LogP contribution in [0.25, 0.3) is 0 Å². The fraction of sp³-hybridized carbons (Fsp3) is 0.556. The van der Waals surface area contributed by atoms with Crippen LogP contribution in [0.4, 0.5) is 0 Å². The van der Waals surface area contributed by atoms with Gasteiger partial charge < -0.3 is 25.6 Å². The number of aliphatic carboxylic acids is 2. The Hall–Kier alpha value is -1.55. The molecular formula is C9H14N2O6S2. The SMILES string of the molecule is O=CO[C@H](CS)NC(=S)N[C@@H](CCC(=O)O)C(=O)O. The molecule has 0 rings (SSSR count). The zero-order valence-corrected chi connectivity index (χ0v) is 11.4. The molecule has 0 aromatic heterocycles. The zero-order valence-electron chi connectivity index (χ0n) is 9.74. The quantitative estimate of drug-likeness (QED) is 0.161. The number of thiol groups is 1. The third kappa shape index (κ3) is 8.21. The summed E-state index contributed by atoms with van der Waals surface area (Å²) in [5, 5.41) is 22.3. The van der Waals surface area contributed by atoms with Gasteiger partial charge in [-0.15, -0.1) is 0 Å². The van der Waals surface area contributed by atoms with Crippen molar-refractivity contribution >= 4 is 48.4 Å². The van der Waals surface area contributed by atoms with Crippen LogP contribution in [0.5, 0.6) is 0 Å². The number of ether oxygens (including phenoxy) is 1. The lowest BCUT2D eigenvalue weighted by molar-refractivity contribution is -0.140. The van der Waals surface area contributed by atoms with Gasteiger partial charge in [-0.3, -0.25) is 9.59 Å². The van der Waals surface area contributed by atoms with Gasteiger partial charge >= 0.3 is 11.9 Å². The zero-order chi connectivity index (χ0) is 14.8. The smallest absolute Gasteiger partial charge is 0.326 e. The predicted molar refractivity (Wildman–Crippen MR) is 72.0 cm³/mol. The van der Waals surface area contributed by atoms with Crippen molar-refractivity contribution in [3.05, 3.63) is 0 Å². The molecule has 0 heterocycles. The van der Waals surface area contributed by atoms with E-state index in [0.717, 1.165) is 0 Å². The Bertz CT molecular complexity index is 352. The standard InChI is InChI=1S/C9H14N2O6S2/c12-4-17-6(3-18)11-9(19)10-5(8(15)16)1-2-7(13)14/h4-6,18H,1-3H2,(H,13,14)(H,15,16)(H2,10,11,19)/t5-,6+/m0/s1. The van der Waals surface area contributed by atoms with Crippen LogP contribution in [0.3, 0.4) is 0 Å². The van der Waals surface area contributed by atoms with Crippen LogP contribution < -0.4 is 10.6 Å². The van der Waals surface area contributed by atoms with E-state index in [0.29, 0.717) is 0 Å². The lowest BCUT2D eigenvalue weighted by Gasteiger charge is -2.20. The highest BCUT2D eigenvalue weighted by Crippen LogP contribution is 1.98. The summed E-state index contributed by atoms with van der Waals surface area (Å²) in [5.74, 6) is -2.21. The molecule has 2 atom stereocenters. The number of thiocarbonyl (C=S) groups is 1. The molecule has 4 N–H and O–H groups in total. The molecule has 0 aromatic carbocycles. The first-order chi connectivity index (χ1) is 8.90. The number of rotatable bonds is 9. The highest BCUT2D eigenvalue weighted by molar-refractivity contribution is 7.80. The summed E-state index contributed by atoms with van der Waals surface area (Å²) < 4.78 is 4.56. The van der Waals surface area contributed by atoms with Gasteiger partial charge in [0.25, 0.3) is 6.47 Å². The Kier molecular flexibility index (Phi) is 8.62. The number of hydrogen-bond donors (Lipinski definition) is 5. The largest absolute Gasteiger partial charge is 0.481 e. The molecule has 10 heteroatoms. The lowest BCUT2D eigenvalue weighted by Crippen LogP contribution is -2.50. The normalized spacial score (nSPS) is 12.9. The van der Waals surface area contributed by atoms with Crippen molar-refractivity contribution in [2.45, 2.75) is 25.1 Å². The highest BCUT2D eigenvalue weighted by atomic mass is 32.1. The number of carboxylic acid groups (broad SMARTS) is 2. The Morgan fingerprint density at radius 1 is 1.37 bits per heavy atom. The van der Waals surface area contributed by atoms with Crippen LogP contribution in [0.1, 0.15) is 12.8 Å². The van der Waals surface area contributed by atoms with Gasteiger partial charge in [0.05, 0.1) is 0 Å². The number of carboxylic acids is 2. The molecule has 0 aromatic rings. The van der Waals surface area contributed by atoms with Gasteiger partial charge in [-0.1, -0.05) is 0 Å². The summed E-state index contributed by atoms with van der Waals surface area (Å²) in [6.07, 6.45) is -1.24. The third-order valence-electron chi connectivity index (χ3n) is 1.93. The monoisotopic (exact) mass is 310 g/mol. The summed E-state index contributed by atoms with van der Waals surface area (Å²) in [4.78, 5) is 31.4. The average Bonchev–Trinajstić information content (AvgIpc) is 2.33. The van der Waals surface area contributed by atoms with E-state index in [2.05, 4.69) is 28.0 Å². The van der Waals surface area contributed by atoms with Gasteiger partial charge in [0, 0.05) is 12.2 Å². The van der Waals surface area contributed by atoms with Crippen LogP contribution in [0.15, 0.2) is 0 Å². The van der Waals surface area contributed by atoms with E-state index in [1.165, 1.54) is 0 Å². The van der Waals surface area contributed by atoms with Crippen molar-refractivity contribution in [1.82, 2.24) is 10.6 Å². The molecule has 0 saturated heterocycles. The Balaban J connectivity index is 4.33. The first-order valence-corrected chi connectivity index (χ1v) is 6.16. The molecule has 0 aliphatic heterocycles. The van der Waals surface area contributed by atoms with Crippen molar-refractivity contribution < 1.29 is 29.3 Å². The van der Waals surface area contributed by atoms with E-state index in [-0.39, 0.29) is 30.2 Å². The third-order valence-corrected chi connectivity index (χ3v) is 2.50. The van der Waals surface area contributed by atoms with E-state index in [9.17, 15) is 14.4 Å². The minimum atomic E-state index is -1.23. The van der Waals surface area contributed by atoms with Gasteiger partial charge in [-0.25, -0.2) is 4.79 Å². The van der Waals surface area contributed by atoms with Crippen molar-refractivity contribution in [3.63, 3.8) is 0 Å². The molecule has 0 aliphatic carbocycles. The van der Waals surface area contributed by atoms with E-state index in [1.807, 2.05) is 0 Å². The fourth-order valence-electron chi connectivity index (χ4n) is 1.06. The Morgan fingerprint density at radius 3 is 2.42 bits per heavy atom. The first kappa shape index (κ1) is 17.4. The summed E-state index contributed by atoms with van der Waals surface area (Å²) in [5.41, 5.74) is 0. The summed E-state index contributed by atoms with van der Waals surface area (Å²) in [6.45, 7) is 0.204. The Labute approximate surface area is 119 Å². The molecule has 0 aliphatic rings. The predicted octanol–water partition coefficient (Wildman–Crippen LogP) is -0.803. The second-order valence-corrected chi connectivity index (χ2v) is 4.12. The molecule has 0 fully saturated rings. The number of nitrogens with one attached hydrogen (secondary N) is 2. The molecule has 0 unspecified atom stereocenters. The van der Waals surface area contributed by atoms with Gasteiger partial charge in [0.15, 0.2) is 11.3 Å². The van der Waals surface area contributed by atoms with Crippen molar-refractivity contribution in [2.24, 2.45) is 0 Å². The molecule has 0 amide bonds. The number of carbonyl (C=O) groups is 3. The Morgan fingerprint density at radius 2 is 2.00 bits per heavy atom. The van der Waals surface area contributed by atoms with Crippen LogP contribution in [-0.4, -0.2) is 51.8 Å². The van der Waals surface area contributed by atoms with Crippen molar-refractivity contribution in [2.75, 3.05) is 5.75 Å². The molecular weight excluding hydrogens is 296 g/mol. The maximum atomic E-state index is 10.9. The van der Waals surface area contributed by atoms with E-state index in [1.54, 1.807) is 0 Å². The van der Waals surface area contributed by atoms with E-state index in [4.69, 9.17) is 22.4 Å². The van der Waals surface area contributed by atoms with Crippen LogP contribution in [-0.2, 0) is 19.1 Å². The van der Waals surface area contributed by atoms with Gasteiger partial charge in [0.2, 0.25) is 0 Å². The minimum Gasteiger partial charge on any atom is -0.481 e. The van der Waals surface area contributed by atoms with Crippen molar-refractivity contribution in [3.8, 4) is 0 Å². The molecule has 0 spiro atoms. The second-order valence-electron chi connectivity index (χ2n) is 3.34. The topological polar surface area (TPSA) is 125 Å². The van der Waals surface area contributed by atoms with Gasteiger partial charge in [-0.2, -0.15) is 12.6 Å². The lowest BCUT2D eigenvalue weighted by atomic mass is 10.1. The average molecular weight is 310 g/mol. The summed E-state index contributed by atoms with van der Waals surface area (Å²) in [6, 6.07) is -1.15. The summed E-state index contributed by atoms with van der Waals surface area (Å²) in [7, 11) is 0. The van der Waals surface area contributed by atoms with E-state index >= 15 is 0 Å². The molecule has 0 radical (unpaired) electrons. The molecule has 0 bridgehead atoms. The highest BCUT2D eigenvalue weighted by Gasteiger charge is 2.20. The number of hydrogen-bond acceptors (Lipinski definition) is 6. The molecule has 19 heavy (non-hydrogen) atoms. The fourth-order valence-corrected chi connectivity index (χ4v) is 1.51. The maximum absolute atomic E-state index is 10.9. The first-order valence-electron chi connectivity index (χ1n) is 5.12. The summed E-state index contributed by atoms with van der Waals surface area (Å²) >= 11 is 8.72. The maximum Gasteiger partial charge on any atom is 0.326 e. The minimum absolute atomic E-state index is 0.0707. The van der Waals surface area contributed by atoms with Crippen LogP contribution in [0.2, 0.25) is 0 Å². The number of carbonyl (C=O) groups excluding carboxylic acids is 1.